The highest BCUT2D eigenvalue weighted by atomic mass is 16.7. The van der Waals surface area contributed by atoms with E-state index in [4.69, 9.17) is 25.4 Å². The van der Waals surface area contributed by atoms with Crippen LogP contribution in [-0.2, 0) is 9.47 Å². The number of carbonyl (C=O) groups is 2. The van der Waals surface area contributed by atoms with E-state index in [1.165, 1.54) is 14.2 Å². The maximum absolute atomic E-state index is 13.1. The number of nitrogens with two attached hydrogens (primary N) is 1. The van der Waals surface area contributed by atoms with Gasteiger partial charge in [-0.05, 0) is 59.7 Å². The second-order valence-electron chi connectivity index (χ2n) is 6.74. The SMILES string of the molecule is COCOC(=O)c1ccccc1-c1cc(OC)ccc1C(=O)Nc1ccc(C(=N)N)cc1. The average molecular weight is 433 g/mol. The molecule has 3 aromatic rings. The molecular formula is C24H23N3O5. The first-order valence-electron chi connectivity index (χ1n) is 9.64. The van der Waals surface area contributed by atoms with Gasteiger partial charge in [0.15, 0.2) is 6.79 Å². The number of hydrogen-bond acceptors (Lipinski definition) is 6. The molecule has 0 aliphatic carbocycles. The van der Waals surface area contributed by atoms with Crippen molar-refractivity contribution >= 4 is 23.4 Å². The van der Waals surface area contributed by atoms with Gasteiger partial charge >= 0.3 is 5.97 Å². The molecule has 4 N–H and O–H groups in total. The van der Waals surface area contributed by atoms with Gasteiger partial charge in [0.2, 0.25) is 0 Å². The third-order valence-electron chi connectivity index (χ3n) is 4.67. The fraction of sp³-hybridized carbons (Fsp3) is 0.125. The topological polar surface area (TPSA) is 124 Å². The highest BCUT2D eigenvalue weighted by molar-refractivity contribution is 6.10. The van der Waals surface area contributed by atoms with Gasteiger partial charge in [0.1, 0.15) is 11.6 Å². The molecule has 0 spiro atoms. The van der Waals surface area contributed by atoms with E-state index in [0.717, 1.165) is 0 Å². The summed E-state index contributed by atoms with van der Waals surface area (Å²) in [7, 11) is 2.95. The molecule has 3 aromatic carbocycles. The fourth-order valence-electron chi connectivity index (χ4n) is 3.09. The number of amidine groups is 1. The van der Waals surface area contributed by atoms with Crippen LogP contribution in [-0.4, -0.2) is 38.7 Å². The molecule has 0 atom stereocenters. The standard InChI is InChI=1S/C24H23N3O5/c1-30-14-32-24(29)20-6-4-3-5-18(20)21-13-17(31-2)11-12-19(21)23(28)27-16-9-7-15(8-10-16)22(25)26/h3-13H,14H2,1-2H3,(H3,25,26)(H,27,28). The Morgan fingerprint density at radius 1 is 0.938 bits per heavy atom. The van der Waals surface area contributed by atoms with Crippen LogP contribution in [0.1, 0.15) is 26.3 Å². The van der Waals surface area contributed by atoms with E-state index in [9.17, 15) is 9.59 Å². The van der Waals surface area contributed by atoms with Crippen molar-refractivity contribution in [2.75, 3.05) is 26.3 Å². The van der Waals surface area contributed by atoms with E-state index >= 15 is 0 Å². The zero-order valence-corrected chi connectivity index (χ0v) is 17.7. The largest absolute Gasteiger partial charge is 0.497 e. The lowest BCUT2D eigenvalue weighted by Gasteiger charge is -2.15. The molecule has 32 heavy (non-hydrogen) atoms. The number of anilines is 1. The number of benzene rings is 3. The number of amides is 1. The minimum absolute atomic E-state index is 0.0581. The van der Waals surface area contributed by atoms with E-state index in [-0.39, 0.29) is 24.1 Å². The molecule has 0 saturated heterocycles. The Hall–Kier alpha value is -4.17. The maximum Gasteiger partial charge on any atom is 0.340 e. The fourth-order valence-corrected chi connectivity index (χ4v) is 3.09. The maximum atomic E-state index is 13.1. The molecule has 0 radical (unpaired) electrons. The second kappa shape index (κ2) is 10.2. The summed E-state index contributed by atoms with van der Waals surface area (Å²) >= 11 is 0. The third-order valence-corrected chi connectivity index (χ3v) is 4.67. The predicted molar refractivity (Wildman–Crippen MR) is 121 cm³/mol. The van der Waals surface area contributed by atoms with Crippen molar-refractivity contribution in [3.63, 3.8) is 0 Å². The Labute approximate surface area is 185 Å². The molecule has 0 aliphatic heterocycles. The Morgan fingerprint density at radius 2 is 1.66 bits per heavy atom. The van der Waals surface area contributed by atoms with Crippen LogP contribution in [0.15, 0.2) is 66.7 Å². The van der Waals surface area contributed by atoms with E-state index in [1.807, 2.05) is 0 Å². The molecule has 0 aromatic heterocycles. The number of esters is 1. The van der Waals surface area contributed by atoms with Crippen LogP contribution < -0.4 is 15.8 Å². The summed E-state index contributed by atoms with van der Waals surface area (Å²) in [5, 5.41) is 10.3. The molecule has 0 unspecified atom stereocenters. The molecule has 1 amide bonds. The third kappa shape index (κ3) is 5.11. The Morgan fingerprint density at radius 3 is 2.31 bits per heavy atom. The first kappa shape index (κ1) is 22.5. The number of rotatable bonds is 8. The van der Waals surface area contributed by atoms with Gasteiger partial charge in [-0.1, -0.05) is 18.2 Å². The van der Waals surface area contributed by atoms with Gasteiger partial charge in [-0.25, -0.2) is 4.79 Å². The number of methoxy groups -OCH3 is 2. The van der Waals surface area contributed by atoms with Gasteiger partial charge in [-0.2, -0.15) is 0 Å². The summed E-state index contributed by atoms with van der Waals surface area (Å²) in [6, 6.07) is 18.4. The minimum atomic E-state index is -0.573. The van der Waals surface area contributed by atoms with Crippen molar-refractivity contribution in [2.24, 2.45) is 5.73 Å². The summed E-state index contributed by atoms with van der Waals surface area (Å²) in [4.78, 5) is 25.7. The highest BCUT2D eigenvalue weighted by Crippen LogP contribution is 2.32. The first-order valence-corrected chi connectivity index (χ1v) is 9.64. The number of nitrogen functional groups attached to an aromatic ring is 1. The molecular weight excluding hydrogens is 410 g/mol. The lowest BCUT2D eigenvalue weighted by Crippen LogP contribution is -2.15. The number of hydrogen-bond donors (Lipinski definition) is 3. The first-order chi connectivity index (χ1) is 15.4. The Balaban J connectivity index is 2.00. The van der Waals surface area contributed by atoms with Gasteiger partial charge in [0.25, 0.3) is 5.91 Å². The lowest BCUT2D eigenvalue weighted by atomic mass is 9.94. The van der Waals surface area contributed by atoms with Gasteiger partial charge in [0, 0.05) is 23.9 Å². The van der Waals surface area contributed by atoms with Crippen molar-refractivity contribution < 1.29 is 23.8 Å². The van der Waals surface area contributed by atoms with Crippen LogP contribution in [0.3, 0.4) is 0 Å². The van der Waals surface area contributed by atoms with Crippen molar-refractivity contribution in [3.8, 4) is 16.9 Å². The van der Waals surface area contributed by atoms with Gasteiger partial charge in [-0.3, -0.25) is 10.2 Å². The zero-order chi connectivity index (χ0) is 23.1. The van der Waals surface area contributed by atoms with E-state index in [0.29, 0.717) is 33.7 Å². The molecule has 0 heterocycles. The van der Waals surface area contributed by atoms with Crippen LogP contribution in [0.2, 0.25) is 0 Å². The summed E-state index contributed by atoms with van der Waals surface area (Å²) in [5.74, 6) is -0.477. The highest BCUT2D eigenvalue weighted by Gasteiger charge is 2.20. The number of ether oxygens (including phenoxy) is 3. The zero-order valence-electron chi connectivity index (χ0n) is 17.7. The van der Waals surface area contributed by atoms with Gasteiger partial charge in [0.05, 0.1) is 12.7 Å². The summed E-state index contributed by atoms with van der Waals surface area (Å²) in [5.41, 5.74) is 8.22. The van der Waals surface area contributed by atoms with Crippen LogP contribution in [0.25, 0.3) is 11.1 Å². The number of nitrogens with one attached hydrogen (secondary N) is 2. The monoisotopic (exact) mass is 433 g/mol. The van der Waals surface area contributed by atoms with Gasteiger partial charge in [-0.15, -0.1) is 0 Å². The summed E-state index contributed by atoms with van der Waals surface area (Å²) in [6.07, 6.45) is 0. The van der Waals surface area contributed by atoms with Crippen molar-refractivity contribution in [1.82, 2.24) is 0 Å². The van der Waals surface area contributed by atoms with Crippen molar-refractivity contribution in [1.29, 1.82) is 5.41 Å². The van der Waals surface area contributed by atoms with Crippen LogP contribution in [0, 0.1) is 5.41 Å². The lowest BCUT2D eigenvalue weighted by molar-refractivity contribution is -0.0124. The second-order valence-corrected chi connectivity index (χ2v) is 6.74. The van der Waals surface area contributed by atoms with Crippen molar-refractivity contribution in [3.05, 3.63) is 83.4 Å². The molecule has 164 valence electrons. The molecule has 0 aliphatic rings. The number of carbonyl (C=O) groups excluding carboxylic acids is 2. The quantitative estimate of drug-likeness (QED) is 0.216. The summed E-state index contributed by atoms with van der Waals surface area (Å²) in [6.45, 7) is -0.186. The minimum Gasteiger partial charge on any atom is -0.497 e. The predicted octanol–water partition coefficient (Wildman–Crippen LogP) is 3.66. The smallest absolute Gasteiger partial charge is 0.340 e. The molecule has 0 saturated carbocycles. The molecule has 3 rings (SSSR count). The normalized spacial score (nSPS) is 10.3. The molecule has 0 bridgehead atoms. The van der Waals surface area contributed by atoms with E-state index in [2.05, 4.69) is 5.32 Å². The Bertz CT molecular complexity index is 1140. The Kier molecular flexibility index (Phi) is 7.20. The molecule has 8 heteroatoms. The van der Waals surface area contributed by atoms with E-state index < -0.39 is 5.97 Å². The molecule has 0 fully saturated rings. The van der Waals surface area contributed by atoms with E-state index in [1.54, 1.807) is 66.7 Å². The average Bonchev–Trinajstić information content (AvgIpc) is 2.82. The molecule has 8 nitrogen and oxygen atoms in total. The van der Waals surface area contributed by atoms with Crippen molar-refractivity contribution in [2.45, 2.75) is 0 Å². The summed E-state index contributed by atoms with van der Waals surface area (Å²) < 4.78 is 15.3. The van der Waals surface area contributed by atoms with Gasteiger partial charge < -0.3 is 25.3 Å². The van der Waals surface area contributed by atoms with Crippen LogP contribution in [0.4, 0.5) is 5.69 Å². The van der Waals surface area contributed by atoms with Crippen LogP contribution >= 0.6 is 0 Å². The van der Waals surface area contributed by atoms with Crippen LogP contribution in [0.5, 0.6) is 5.75 Å².